The first-order valence-corrected chi connectivity index (χ1v) is 7.10. The van der Waals surface area contributed by atoms with E-state index in [1.807, 2.05) is 13.8 Å². The smallest absolute Gasteiger partial charge is 0.222 e. The summed E-state index contributed by atoms with van der Waals surface area (Å²) in [7, 11) is 0. The van der Waals surface area contributed by atoms with Crippen LogP contribution in [0.2, 0.25) is 0 Å². The van der Waals surface area contributed by atoms with E-state index >= 15 is 0 Å². The fourth-order valence-corrected chi connectivity index (χ4v) is 2.98. The first kappa shape index (κ1) is 12.9. The summed E-state index contributed by atoms with van der Waals surface area (Å²) in [5, 5.41) is 3.18. The Morgan fingerprint density at radius 3 is 2.65 bits per heavy atom. The number of amides is 1. The lowest BCUT2D eigenvalue weighted by Crippen LogP contribution is -2.54. The molecule has 0 bridgehead atoms. The molecular weight excluding hydrogens is 212 g/mol. The molecule has 1 atom stereocenters. The van der Waals surface area contributed by atoms with Crippen molar-refractivity contribution in [1.82, 2.24) is 10.2 Å². The summed E-state index contributed by atoms with van der Waals surface area (Å²) in [6.45, 7) is 8.55. The standard InChI is InChI=1S/C14H26N2O/c1-10(2)14(17)15-12-5-4-6-16(9-12)13-7-11(3)8-13/h10-13H,4-9H2,1-3H3,(H,15,17). The lowest BCUT2D eigenvalue weighted by molar-refractivity contribution is -0.125. The minimum Gasteiger partial charge on any atom is -0.352 e. The Hall–Kier alpha value is -0.570. The van der Waals surface area contributed by atoms with Gasteiger partial charge in [0.05, 0.1) is 0 Å². The number of carbonyl (C=O) groups excluding carboxylic acids is 1. The van der Waals surface area contributed by atoms with Crippen LogP contribution in [0.25, 0.3) is 0 Å². The Labute approximate surface area is 105 Å². The highest BCUT2D eigenvalue weighted by Gasteiger charge is 2.33. The molecule has 0 radical (unpaired) electrons. The summed E-state index contributed by atoms with van der Waals surface area (Å²) in [6.07, 6.45) is 5.08. The highest BCUT2D eigenvalue weighted by atomic mass is 16.1. The van der Waals surface area contributed by atoms with Crippen molar-refractivity contribution in [3.05, 3.63) is 0 Å². The van der Waals surface area contributed by atoms with E-state index in [1.165, 1.54) is 25.8 Å². The van der Waals surface area contributed by atoms with Crippen molar-refractivity contribution in [2.75, 3.05) is 13.1 Å². The molecule has 2 rings (SSSR count). The van der Waals surface area contributed by atoms with Crippen LogP contribution in [-0.2, 0) is 4.79 Å². The van der Waals surface area contributed by atoms with Gasteiger partial charge < -0.3 is 5.32 Å². The molecule has 0 spiro atoms. The Kier molecular flexibility index (Phi) is 4.08. The highest BCUT2D eigenvalue weighted by Crippen LogP contribution is 2.32. The van der Waals surface area contributed by atoms with E-state index in [0.29, 0.717) is 6.04 Å². The molecule has 0 aromatic carbocycles. The molecule has 0 aromatic heterocycles. The van der Waals surface area contributed by atoms with Crippen LogP contribution < -0.4 is 5.32 Å². The summed E-state index contributed by atoms with van der Waals surface area (Å²) in [6, 6.07) is 1.18. The second kappa shape index (κ2) is 5.38. The van der Waals surface area contributed by atoms with Crippen LogP contribution in [0.1, 0.15) is 46.5 Å². The number of carbonyl (C=O) groups is 1. The summed E-state index contributed by atoms with van der Waals surface area (Å²) in [4.78, 5) is 14.3. The zero-order chi connectivity index (χ0) is 12.4. The molecule has 98 valence electrons. The van der Waals surface area contributed by atoms with Crippen molar-refractivity contribution in [1.29, 1.82) is 0 Å². The summed E-state index contributed by atoms with van der Waals surface area (Å²) < 4.78 is 0. The third kappa shape index (κ3) is 3.21. The van der Waals surface area contributed by atoms with Gasteiger partial charge in [-0.1, -0.05) is 20.8 Å². The predicted octanol–water partition coefficient (Wildman–Crippen LogP) is 2.02. The van der Waals surface area contributed by atoms with Crippen molar-refractivity contribution >= 4 is 5.91 Å². The van der Waals surface area contributed by atoms with Crippen LogP contribution in [0.15, 0.2) is 0 Å². The SMILES string of the molecule is CC1CC(N2CCCC(NC(=O)C(C)C)C2)C1. The molecule has 1 amide bonds. The quantitative estimate of drug-likeness (QED) is 0.816. The van der Waals surface area contributed by atoms with Gasteiger partial charge in [-0.25, -0.2) is 0 Å². The van der Waals surface area contributed by atoms with E-state index in [9.17, 15) is 4.79 Å². The largest absolute Gasteiger partial charge is 0.352 e. The number of hydrogen-bond acceptors (Lipinski definition) is 2. The Bertz CT molecular complexity index is 271. The Morgan fingerprint density at radius 1 is 1.35 bits per heavy atom. The van der Waals surface area contributed by atoms with Gasteiger partial charge in [-0.2, -0.15) is 0 Å². The Morgan fingerprint density at radius 2 is 2.06 bits per heavy atom. The number of likely N-dealkylation sites (tertiary alicyclic amines) is 1. The maximum absolute atomic E-state index is 11.7. The molecule has 1 aliphatic carbocycles. The fourth-order valence-electron chi connectivity index (χ4n) is 2.98. The van der Waals surface area contributed by atoms with E-state index in [0.717, 1.165) is 24.9 Å². The third-order valence-electron chi connectivity index (χ3n) is 4.19. The van der Waals surface area contributed by atoms with Gasteiger partial charge in [-0.3, -0.25) is 9.69 Å². The minimum absolute atomic E-state index is 0.106. The van der Waals surface area contributed by atoms with Gasteiger partial charge in [0, 0.05) is 24.5 Å². The van der Waals surface area contributed by atoms with Gasteiger partial charge in [-0.15, -0.1) is 0 Å². The number of nitrogens with zero attached hydrogens (tertiary/aromatic N) is 1. The van der Waals surface area contributed by atoms with Crippen LogP contribution >= 0.6 is 0 Å². The fraction of sp³-hybridized carbons (Fsp3) is 0.929. The average molecular weight is 238 g/mol. The van der Waals surface area contributed by atoms with Crippen molar-refractivity contribution in [3.8, 4) is 0 Å². The summed E-state index contributed by atoms with van der Waals surface area (Å²) >= 11 is 0. The van der Waals surface area contributed by atoms with Crippen LogP contribution in [0.4, 0.5) is 0 Å². The van der Waals surface area contributed by atoms with Gasteiger partial charge in [-0.05, 0) is 38.1 Å². The lowest BCUT2D eigenvalue weighted by Gasteiger charge is -2.45. The molecule has 1 saturated carbocycles. The van der Waals surface area contributed by atoms with E-state index in [4.69, 9.17) is 0 Å². The third-order valence-corrected chi connectivity index (χ3v) is 4.19. The number of rotatable bonds is 3. The minimum atomic E-state index is 0.106. The zero-order valence-corrected chi connectivity index (χ0v) is 11.4. The molecule has 3 nitrogen and oxygen atoms in total. The van der Waals surface area contributed by atoms with E-state index in [-0.39, 0.29) is 11.8 Å². The molecule has 3 heteroatoms. The molecule has 0 aromatic rings. The number of nitrogens with one attached hydrogen (secondary N) is 1. The van der Waals surface area contributed by atoms with E-state index in [2.05, 4.69) is 17.1 Å². The maximum Gasteiger partial charge on any atom is 0.222 e. The van der Waals surface area contributed by atoms with Crippen molar-refractivity contribution in [2.45, 2.75) is 58.5 Å². The van der Waals surface area contributed by atoms with Gasteiger partial charge in [0.25, 0.3) is 0 Å². The molecule has 2 fully saturated rings. The van der Waals surface area contributed by atoms with Crippen molar-refractivity contribution in [3.63, 3.8) is 0 Å². The average Bonchev–Trinajstić information content (AvgIpc) is 2.25. The lowest BCUT2D eigenvalue weighted by atomic mass is 9.80. The topological polar surface area (TPSA) is 32.3 Å². The van der Waals surface area contributed by atoms with Gasteiger partial charge in [0.1, 0.15) is 0 Å². The molecule has 17 heavy (non-hydrogen) atoms. The summed E-state index contributed by atoms with van der Waals surface area (Å²) in [5.41, 5.74) is 0. The van der Waals surface area contributed by atoms with Crippen LogP contribution in [-0.4, -0.2) is 36.0 Å². The predicted molar refractivity (Wildman–Crippen MR) is 69.8 cm³/mol. The zero-order valence-electron chi connectivity index (χ0n) is 11.4. The molecule has 2 aliphatic rings. The first-order chi connectivity index (χ1) is 8.06. The number of hydrogen-bond donors (Lipinski definition) is 1. The molecule has 1 saturated heterocycles. The van der Waals surface area contributed by atoms with Crippen LogP contribution in [0, 0.1) is 11.8 Å². The monoisotopic (exact) mass is 238 g/mol. The molecule has 1 heterocycles. The van der Waals surface area contributed by atoms with Gasteiger partial charge in [0.15, 0.2) is 0 Å². The molecule has 1 unspecified atom stereocenters. The second-order valence-corrected chi connectivity index (χ2v) is 6.23. The van der Waals surface area contributed by atoms with Crippen molar-refractivity contribution < 1.29 is 4.79 Å². The van der Waals surface area contributed by atoms with Gasteiger partial charge >= 0.3 is 0 Å². The van der Waals surface area contributed by atoms with Crippen LogP contribution in [0.5, 0.6) is 0 Å². The summed E-state index contributed by atoms with van der Waals surface area (Å²) in [5.74, 6) is 1.22. The maximum atomic E-state index is 11.7. The van der Waals surface area contributed by atoms with Gasteiger partial charge in [0.2, 0.25) is 5.91 Å². The normalized spacial score (nSPS) is 34.5. The number of piperidine rings is 1. The van der Waals surface area contributed by atoms with Crippen molar-refractivity contribution in [2.24, 2.45) is 11.8 Å². The molecule has 1 N–H and O–H groups in total. The second-order valence-electron chi connectivity index (χ2n) is 6.23. The molecular formula is C14H26N2O. The van der Waals surface area contributed by atoms with E-state index in [1.54, 1.807) is 0 Å². The van der Waals surface area contributed by atoms with E-state index < -0.39 is 0 Å². The van der Waals surface area contributed by atoms with Crippen LogP contribution in [0.3, 0.4) is 0 Å². The highest BCUT2D eigenvalue weighted by molar-refractivity contribution is 5.78. The Balaban J connectivity index is 1.79. The molecule has 1 aliphatic heterocycles. The first-order valence-electron chi connectivity index (χ1n) is 7.10.